The number of aryl methyl sites for hydroxylation is 2. The second-order valence-corrected chi connectivity index (χ2v) is 6.33. The monoisotopic (exact) mass is 383 g/mol. The normalized spacial score (nSPS) is 10.5. The van der Waals surface area contributed by atoms with Gasteiger partial charge >= 0.3 is 0 Å². The van der Waals surface area contributed by atoms with Crippen molar-refractivity contribution in [3.63, 3.8) is 0 Å². The summed E-state index contributed by atoms with van der Waals surface area (Å²) in [5.41, 5.74) is 2.49. The molecule has 0 fully saturated rings. The van der Waals surface area contributed by atoms with E-state index in [9.17, 15) is 9.59 Å². The minimum Gasteiger partial charge on any atom is -0.355 e. The number of benzene rings is 1. The lowest BCUT2D eigenvalue weighted by Gasteiger charge is -2.14. The van der Waals surface area contributed by atoms with Gasteiger partial charge in [-0.25, -0.2) is 9.67 Å². The van der Waals surface area contributed by atoms with Gasteiger partial charge in [-0.1, -0.05) is 23.7 Å². The van der Waals surface area contributed by atoms with Crippen LogP contribution in [0.2, 0.25) is 5.02 Å². The Kier molecular flexibility index (Phi) is 5.23. The molecule has 0 aliphatic rings. The van der Waals surface area contributed by atoms with Crippen LogP contribution in [0.4, 0.5) is 5.69 Å². The Bertz CT molecular complexity index is 1030. The van der Waals surface area contributed by atoms with Gasteiger partial charge in [0.1, 0.15) is 5.69 Å². The number of amides is 2. The molecule has 7 nitrogen and oxygen atoms in total. The number of rotatable bonds is 4. The van der Waals surface area contributed by atoms with Crippen LogP contribution in [0, 0.1) is 13.8 Å². The van der Waals surface area contributed by atoms with E-state index in [4.69, 9.17) is 11.6 Å². The number of pyridine rings is 1. The van der Waals surface area contributed by atoms with Gasteiger partial charge in [-0.2, -0.15) is 5.10 Å². The summed E-state index contributed by atoms with van der Waals surface area (Å²) < 4.78 is 1.39. The van der Waals surface area contributed by atoms with Gasteiger partial charge < -0.3 is 10.6 Å². The molecule has 0 spiro atoms. The van der Waals surface area contributed by atoms with E-state index >= 15 is 0 Å². The zero-order chi connectivity index (χ0) is 19.6. The average molecular weight is 384 g/mol. The van der Waals surface area contributed by atoms with Gasteiger partial charge in [0, 0.05) is 13.2 Å². The van der Waals surface area contributed by atoms with Crippen molar-refractivity contribution in [3.8, 4) is 5.82 Å². The van der Waals surface area contributed by atoms with E-state index in [1.807, 2.05) is 13.0 Å². The zero-order valence-electron chi connectivity index (χ0n) is 15.1. The average Bonchev–Trinajstić information content (AvgIpc) is 3.04. The molecular weight excluding hydrogens is 366 g/mol. The standard InChI is InChI=1S/C19H18ClN5O2/c1-11-6-4-7-13(18(26)21-3)16(11)23-19(27)15-10-12(2)24-25(15)17-14(20)8-5-9-22-17/h4-10H,1-3H3,(H,21,26)(H,23,27). The lowest BCUT2D eigenvalue weighted by Crippen LogP contribution is -2.23. The maximum absolute atomic E-state index is 13.0. The first-order valence-electron chi connectivity index (χ1n) is 8.23. The van der Waals surface area contributed by atoms with Crippen molar-refractivity contribution in [2.45, 2.75) is 13.8 Å². The van der Waals surface area contributed by atoms with Crippen LogP contribution in [-0.4, -0.2) is 33.6 Å². The second-order valence-electron chi connectivity index (χ2n) is 5.92. The van der Waals surface area contributed by atoms with Gasteiger partial charge in [0.2, 0.25) is 0 Å². The SMILES string of the molecule is CNC(=O)c1cccc(C)c1NC(=O)c1cc(C)nn1-c1ncccc1Cl. The molecule has 0 unspecified atom stereocenters. The third-order valence-corrected chi connectivity index (χ3v) is 4.28. The number of hydrogen-bond donors (Lipinski definition) is 2. The van der Waals surface area contributed by atoms with E-state index in [1.54, 1.807) is 43.5 Å². The van der Waals surface area contributed by atoms with Crippen molar-refractivity contribution in [3.05, 3.63) is 70.1 Å². The highest BCUT2D eigenvalue weighted by Crippen LogP contribution is 2.23. The van der Waals surface area contributed by atoms with Gasteiger partial charge in [0.25, 0.3) is 11.8 Å². The van der Waals surface area contributed by atoms with Gasteiger partial charge in [0.15, 0.2) is 5.82 Å². The van der Waals surface area contributed by atoms with Gasteiger partial charge in [-0.15, -0.1) is 0 Å². The number of hydrogen-bond acceptors (Lipinski definition) is 4. The molecule has 2 heterocycles. The molecule has 0 bridgehead atoms. The third-order valence-electron chi connectivity index (χ3n) is 3.99. The minimum absolute atomic E-state index is 0.263. The number of aromatic nitrogens is 3. The molecule has 0 aliphatic carbocycles. The van der Waals surface area contributed by atoms with Gasteiger partial charge in [0.05, 0.1) is 22.0 Å². The molecule has 138 valence electrons. The van der Waals surface area contributed by atoms with Crippen molar-refractivity contribution in [2.75, 3.05) is 12.4 Å². The van der Waals surface area contributed by atoms with E-state index in [2.05, 4.69) is 20.7 Å². The van der Waals surface area contributed by atoms with Crippen LogP contribution in [0.5, 0.6) is 0 Å². The van der Waals surface area contributed by atoms with Crippen molar-refractivity contribution in [1.29, 1.82) is 0 Å². The fourth-order valence-electron chi connectivity index (χ4n) is 2.69. The highest BCUT2D eigenvalue weighted by Gasteiger charge is 2.21. The number of halogens is 1. The summed E-state index contributed by atoms with van der Waals surface area (Å²) in [4.78, 5) is 29.3. The van der Waals surface area contributed by atoms with E-state index in [1.165, 1.54) is 11.7 Å². The Balaban J connectivity index is 2.03. The van der Waals surface area contributed by atoms with E-state index in [0.717, 1.165) is 5.56 Å². The summed E-state index contributed by atoms with van der Waals surface area (Å²) in [5, 5.41) is 10.1. The summed E-state index contributed by atoms with van der Waals surface area (Å²) in [5.74, 6) is -0.350. The Labute approximate surface area is 161 Å². The first kappa shape index (κ1) is 18.6. The maximum atomic E-state index is 13.0. The topological polar surface area (TPSA) is 88.9 Å². The first-order valence-corrected chi connectivity index (χ1v) is 8.60. The highest BCUT2D eigenvalue weighted by molar-refractivity contribution is 6.32. The number of carbonyl (C=O) groups is 2. The number of anilines is 1. The second kappa shape index (κ2) is 7.59. The summed E-state index contributed by atoms with van der Waals surface area (Å²) in [7, 11) is 1.54. The van der Waals surface area contributed by atoms with Crippen molar-refractivity contribution in [2.24, 2.45) is 0 Å². The summed E-state index contributed by atoms with van der Waals surface area (Å²) in [6.45, 7) is 3.59. The van der Waals surface area contributed by atoms with Crippen LogP contribution in [0.1, 0.15) is 32.1 Å². The van der Waals surface area contributed by atoms with Crippen molar-refractivity contribution in [1.82, 2.24) is 20.1 Å². The molecule has 3 aromatic rings. The molecular formula is C19H18ClN5O2. The fourth-order valence-corrected chi connectivity index (χ4v) is 2.89. The largest absolute Gasteiger partial charge is 0.355 e. The molecule has 1 aromatic carbocycles. The molecule has 2 amide bonds. The summed E-state index contributed by atoms with van der Waals surface area (Å²) >= 11 is 6.21. The Hall–Kier alpha value is -3.19. The van der Waals surface area contributed by atoms with Crippen LogP contribution in [-0.2, 0) is 0 Å². The minimum atomic E-state index is -0.420. The molecule has 8 heteroatoms. The first-order chi connectivity index (χ1) is 12.9. The van der Waals surface area contributed by atoms with Crippen LogP contribution < -0.4 is 10.6 Å². The quantitative estimate of drug-likeness (QED) is 0.724. The molecule has 2 aromatic heterocycles. The molecule has 0 saturated heterocycles. The Morgan fingerprint density at radius 2 is 1.89 bits per heavy atom. The molecule has 3 rings (SSSR count). The Morgan fingerprint density at radius 1 is 1.11 bits per heavy atom. The lowest BCUT2D eigenvalue weighted by atomic mass is 10.1. The molecule has 2 N–H and O–H groups in total. The molecule has 27 heavy (non-hydrogen) atoms. The molecule has 0 atom stereocenters. The fraction of sp³-hybridized carbons (Fsp3) is 0.158. The third kappa shape index (κ3) is 3.68. The van der Waals surface area contributed by atoms with E-state index in [-0.39, 0.29) is 11.6 Å². The Morgan fingerprint density at radius 3 is 2.59 bits per heavy atom. The predicted molar refractivity (Wildman–Crippen MR) is 104 cm³/mol. The number of carbonyl (C=O) groups excluding carboxylic acids is 2. The lowest BCUT2D eigenvalue weighted by molar-refractivity contribution is 0.0964. The summed E-state index contributed by atoms with van der Waals surface area (Å²) in [6, 6.07) is 10.2. The van der Waals surface area contributed by atoms with Crippen molar-refractivity contribution >= 4 is 29.1 Å². The maximum Gasteiger partial charge on any atom is 0.274 e. The number of nitrogens with one attached hydrogen (secondary N) is 2. The molecule has 0 radical (unpaired) electrons. The number of para-hydroxylation sites is 1. The van der Waals surface area contributed by atoms with Gasteiger partial charge in [-0.05, 0) is 43.7 Å². The highest BCUT2D eigenvalue weighted by atomic mass is 35.5. The van der Waals surface area contributed by atoms with Crippen LogP contribution >= 0.6 is 11.6 Å². The van der Waals surface area contributed by atoms with Crippen molar-refractivity contribution < 1.29 is 9.59 Å². The molecule has 0 aliphatic heterocycles. The number of nitrogens with zero attached hydrogens (tertiary/aromatic N) is 3. The van der Waals surface area contributed by atoms with Crippen LogP contribution in [0.25, 0.3) is 5.82 Å². The molecule has 0 saturated carbocycles. The van der Waals surface area contributed by atoms with Crippen LogP contribution in [0.3, 0.4) is 0 Å². The van der Waals surface area contributed by atoms with E-state index < -0.39 is 5.91 Å². The van der Waals surface area contributed by atoms with Gasteiger partial charge in [-0.3, -0.25) is 9.59 Å². The zero-order valence-corrected chi connectivity index (χ0v) is 15.8. The van der Waals surface area contributed by atoms with Crippen LogP contribution in [0.15, 0.2) is 42.6 Å². The van der Waals surface area contributed by atoms with E-state index in [0.29, 0.717) is 27.8 Å². The predicted octanol–water partition coefficient (Wildman–Crippen LogP) is 3.15. The smallest absolute Gasteiger partial charge is 0.274 e. The summed E-state index contributed by atoms with van der Waals surface area (Å²) in [6.07, 6.45) is 1.57.